The summed E-state index contributed by atoms with van der Waals surface area (Å²) in [5.74, 6) is -1.20. The van der Waals surface area contributed by atoms with Crippen LogP contribution in [0, 0.1) is 35.5 Å². The molecule has 282 valence electrons. The van der Waals surface area contributed by atoms with Crippen molar-refractivity contribution in [2.24, 2.45) is 35.5 Å². The number of hydrogen-bond donors (Lipinski definition) is 4. The quantitative estimate of drug-likeness (QED) is 0.278. The predicted octanol–water partition coefficient (Wildman–Crippen LogP) is 3.18. The van der Waals surface area contributed by atoms with Crippen LogP contribution >= 0.6 is 0 Å². The number of aliphatic hydroxyl groups is 4. The molecule has 4 N–H and O–H groups in total. The highest BCUT2D eigenvalue weighted by Crippen LogP contribution is 2.35. The maximum Gasteiger partial charge on any atom is 0.308 e. The van der Waals surface area contributed by atoms with Gasteiger partial charge in [-0.25, -0.2) is 0 Å². The molecule has 3 aliphatic heterocycles. The number of allylic oxidation sites excluding steroid dienone is 3. The Morgan fingerprint density at radius 1 is 0.980 bits per heavy atom. The van der Waals surface area contributed by atoms with Crippen molar-refractivity contribution in [2.45, 2.75) is 130 Å². The van der Waals surface area contributed by atoms with Crippen LogP contribution in [0.4, 0.5) is 0 Å². The minimum atomic E-state index is -1.20. The van der Waals surface area contributed by atoms with Crippen LogP contribution in [-0.2, 0) is 23.8 Å². The van der Waals surface area contributed by atoms with Gasteiger partial charge < -0.3 is 44.4 Å². The summed E-state index contributed by atoms with van der Waals surface area (Å²) < 4.78 is 18.6. The second-order valence-corrected chi connectivity index (χ2v) is 15.7. The van der Waals surface area contributed by atoms with Crippen molar-refractivity contribution < 1.29 is 44.2 Å². The number of rotatable bonds is 8. The summed E-state index contributed by atoms with van der Waals surface area (Å²) in [6, 6.07) is -0.655. The molecule has 2 fully saturated rings. The largest absolute Gasteiger partial charge is 0.462 e. The number of carbonyl (C=O) groups is 2. The average molecular weight is 695 g/mol. The van der Waals surface area contributed by atoms with Gasteiger partial charge in [-0.1, -0.05) is 52.3 Å². The van der Waals surface area contributed by atoms with Crippen molar-refractivity contribution in [2.75, 3.05) is 40.3 Å². The molecule has 0 amide bonds. The topological polar surface area (TPSA) is 149 Å². The Bertz CT molecular complexity index is 1100. The number of ketones is 1. The lowest BCUT2D eigenvalue weighted by Gasteiger charge is -2.47. The van der Waals surface area contributed by atoms with Gasteiger partial charge in [0.1, 0.15) is 12.2 Å². The lowest BCUT2D eigenvalue weighted by Crippen LogP contribution is -2.63. The molecular weight excluding hydrogens is 628 g/mol. The van der Waals surface area contributed by atoms with Crippen LogP contribution in [0.5, 0.6) is 0 Å². The molecule has 0 aromatic rings. The zero-order valence-corrected chi connectivity index (χ0v) is 31.4. The second kappa shape index (κ2) is 19.2. The number of likely N-dealkylation sites (tertiary alicyclic amines) is 1. The molecule has 11 heteroatoms. The number of hydrogen-bond acceptors (Lipinski definition) is 11. The van der Waals surface area contributed by atoms with Crippen LogP contribution in [0.1, 0.15) is 80.6 Å². The second-order valence-electron chi connectivity index (χ2n) is 15.7. The van der Waals surface area contributed by atoms with E-state index in [2.05, 4.69) is 18.7 Å². The third-order valence-electron chi connectivity index (χ3n) is 10.9. The summed E-state index contributed by atoms with van der Waals surface area (Å²) in [4.78, 5) is 31.0. The summed E-state index contributed by atoms with van der Waals surface area (Å²) in [5.41, 5.74) is 0.774. The van der Waals surface area contributed by atoms with E-state index in [0.29, 0.717) is 31.1 Å². The summed E-state index contributed by atoms with van der Waals surface area (Å²) in [6.07, 6.45) is 1.23. The normalized spacial score (nSPS) is 42.8. The highest BCUT2D eigenvalue weighted by atomic mass is 16.7. The van der Waals surface area contributed by atoms with Gasteiger partial charge in [0, 0.05) is 30.8 Å². The number of ether oxygens (including phenoxy) is 3. The van der Waals surface area contributed by atoms with Gasteiger partial charge in [0.05, 0.1) is 43.5 Å². The van der Waals surface area contributed by atoms with Crippen molar-refractivity contribution in [3.8, 4) is 0 Å². The molecule has 0 spiro atoms. The first-order chi connectivity index (χ1) is 23.1. The Balaban J connectivity index is 2.04. The first-order valence-corrected chi connectivity index (χ1v) is 18.5. The van der Waals surface area contributed by atoms with Gasteiger partial charge in [0.15, 0.2) is 12.1 Å². The minimum Gasteiger partial charge on any atom is -0.462 e. The number of cyclic esters (lactones) is 1. The van der Waals surface area contributed by atoms with Crippen molar-refractivity contribution in [1.29, 1.82) is 0 Å². The molecule has 0 saturated carbocycles. The predicted molar refractivity (Wildman–Crippen MR) is 188 cm³/mol. The van der Waals surface area contributed by atoms with E-state index in [1.54, 1.807) is 38.1 Å². The van der Waals surface area contributed by atoms with Gasteiger partial charge in [0.25, 0.3) is 0 Å². The molecule has 3 rings (SSSR count). The Kier molecular flexibility index (Phi) is 16.4. The number of likely N-dealkylation sites (N-methyl/N-ethyl adjacent to an activating group) is 1. The maximum absolute atomic E-state index is 13.6. The number of esters is 1. The lowest BCUT2D eigenvalue weighted by atomic mass is 9.79. The van der Waals surface area contributed by atoms with Crippen molar-refractivity contribution >= 4 is 11.8 Å². The molecule has 49 heavy (non-hydrogen) atoms. The summed E-state index contributed by atoms with van der Waals surface area (Å²) in [5, 5.41) is 44.1. The van der Waals surface area contributed by atoms with Crippen molar-refractivity contribution in [3.63, 3.8) is 0 Å². The smallest absolute Gasteiger partial charge is 0.308 e. The fourth-order valence-electron chi connectivity index (χ4n) is 8.18. The van der Waals surface area contributed by atoms with Gasteiger partial charge in [-0.05, 0) is 84.0 Å². The van der Waals surface area contributed by atoms with Crippen molar-refractivity contribution in [3.05, 3.63) is 23.8 Å². The highest BCUT2D eigenvalue weighted by Gasteiger charge is 2.47. The van der Waals surface area contributed by atoms with Crippen LogP contribution < -0.4 is 0 Å². The van der Waals surface area contributed by atoms with Crippen LogP contribution in [0.15, 0.2) is 23.8 Å². The van der Waals surface area contributed by atoms with Gasteiger partial charge >= 0.3 is 5.97 Å². The minimum absolute atomic E-state index is 0.0469. The number of piperidine rings is 1. The molecule has 3 unspecified atom stereocenters. The number of aliphatic hydroxyl groups excluding tert-OH is 4. The van der Waals surface area contributed by atoms with E-state index in [4.69, 9.17) is 14.2 Å². The molecule has 11 nitrogen and oxygen atoms in total. The van der Waals surface area contributed by atoms with Gasteiger partial charge in [0.2, 0.25) is 0 Å². The molecule has 0 radical (unpaired) electrons. The SMILES string of the molecule is CC[C@H]1OC(=O)C[C@@H](O)[C@H](C)[C@@H](O[C@@H]2O[C@H](C)[C@@H](O)[C@H](N(C)C)[C@@H]2O)[C@@H](CCN2CC(C)CC(C)C2)C[C@@H](C)C(=O)/C=C/C(C)=C/C1CO. The summed E-state index contributed by atoms with van der Waals surface area (Å²) >= 11 is 0. The van der Waals surface area contributed by atoms with E-state index in [-0.39, 0.29) is 30.6 Å². The molecule has 0 aromatic heterocycles. The molecule has 14 atom stereocenters. The standard InChI is InChI=1S/C38H66N2O9/c1-10-32-29(21-41)16-22(2)11-12-30(42)25(5)17-28(13-14-40-19-23(3)15-24(4)20-40)37(26(6)31(43)18-33(44)48-32)49-38-36(46)34(39(8)9)35(45)27(7)47-38/h11-12,16,23-29,31-32,34-38,41,43,45-46H,10,13-15,17-21H2,1-9H3/b12-11+,22-16+/t23?,24?,25-,26+,27-,28+,29?,31-,32-,34+,35-,36+,37-,38+/m1/s1. The number of nitrogens with zero attached hydrogens (tertiary/aromatic N) is 2. The zero-order chi connectivity index (χ0) is 36.6. The summed E-state index contributed by atoms with van der Waals surface area (Å²) in [6.45, 7) is 16.2. The molecule has 0 aliphatic carbocycles. The zero-order valence-electron chi connectivity index (χ0n) is 31.4. The molecule has 2 saturated heterocycles. The van der Waals surface area contributed by atoms with Crippen LogP contribution in [0.25, 0.3) is 0 Å². The van der Waals surface area contributed by atoms with Crippen molar-refractivity contribution in [1.82, 2.24) is 9.80 Å². The van der Waals surface area contributed by atoms with Crippen LogP contribution in [0.2, 0.25) is 0 Å². The number of carbonyl (C=O) groups excluding carboxylic acids is 2. The highest BCUT2D eigenvalue weighted by molar-refractivity contribution is 5.91. The Hall–Kier alpha value is -1.70. The van der Waals surface area contributed by atoms with Crippen LogP contribution in [-0.4, -0.2) is 131 Å². The third-order valence-corrected chi connectivity index (χ3v) is 10.9. The molecule has 3 aliphatic rings. The van der Waals surface area contributed by atoms with E-state index >= 15 is 0 Å². The summed E-state index contributed by atoms with van der Waals surface area (Å²) in [7, 11) is 3.56. The molecule has 3 heterocycles. The first kappa shape index (κ1) is 41.7. The van der Waals surface area contributed by atoms with E-state index in [1.165, 1.54) is 6.42 Å². The molecule has 0 aromatic carbocycles. The molecular formula is C38H66N2O9. The van der Waals surface area contributed by atoms with Crippen LogP contribution in [0.3, 0.4) is 0 Å². The van der Waals surface area contributed by atoms with E-state index in [9.17, 15) is 30.0 Å². The lowest BCUT2D eigenvalue weighted by molar-refractivity contribution is -0.304. The maximum atomic E-state index is 13.6. The monoisotopic (exact) mass is 694 g/mol. The van der Waals surface area contributed by atoms with E-state index < -0.39 is 66.8 Å². The van der Waals surface area contributed by atoms with E-state index in [0.717, 1.165) is 25.2 Å². The van der Waals surface area contributed by atoms with Gasteiger partial charge in [-0.3, -0.25) is 9.59 Å². The molecule has 0 bridgehead atoms. The Labute approximate surface area is 294 Å². The Morgan fingerprint density at radius 2 is 1.63 bits per heavy atom. The van der Waals surface area contributed by atoms with Gasteiger partial charge in [-0.15, -0.1) is 0 Å². The average Bonchev–Trinajstić information content (AvgIpc) is 3.03. The third kappa shape index (κ3) is 11.7. The Morgan fingerprint density at radius 3 is 2.22 bits per heavy atom. The fraction of sp³-hybridized carbons (Fsp3) is 0.842. The van der Waals surface area contributed by atoms with E-state index in [1.807, 2.05) is 33.8 Å². The first-order valence-electron chi connectivity index (χ1n) is 18.5. The fourth-order valence-corrected chi connectivity index (χ4v) is 8.18. The van der Waals surface area contributed by atoms with Gasteiger partial charge in [-0.2, -0.15) is 0 Å².